The van der Waals surface area contributed by atoms with Crippen molar-refractivity contribution in [3.8, 4) is 0 Å². The van der Waals surface area contributed by atoms with Crippen LogP contribution in [0, 0.1) is 35.5 Å². The number of hydrogen-bond acceptors (Lipinski definition) is 5. The van der Waals surface area contributed by atoms with Crippen molar-refractivity contribution in [2.75, 3.05) is 6.61 Å². The molecule has 1 N–H and O–H groups in total. The second-order valence-electron chi connectivity index (χ2n) is 14.5. The van der Waals surface area contributed by atoms with E-state index in [4.69, 9.17) is 9.16 Å². The van der Waals surface area contributed by atoms with E-state index in [2.05, 4.69) is 39.9 Å². The van der Waals surface area contributed by atoms with Gasteiger partial charge in [0.15, 0.2) is 0 Å². The van der Waals surface area contributed by atoms with Gasteiger partial charge in [0, 0.05) is 17.8 Å². The standard InChI is InChI=1S/C32H54O5Si/c1-7-36-30(34)23-17-19-32(35,20-18-23)27-21-26-24(14-15-25(26)29(27)33)28(37-38(5,6)31(2,3)4)16-13-22-11-9-8-10-12-22/h16,22-27,35H,7-15,17-21H2,1-6H3/b28-16+/t23?,24-,25?,26?,27+,32?/m0/s1. The van der Waals surface area contributed by atoms with Crippen LogP contribution >= 0.6 is 0 Å². The molecule has 0 radical (unpaired) electrons. The Kier molecular flexibility index (Phi) is 9.23. The molecule has 38 heavy (non-hydrogen) atoms. The highest BCUT2D eigenvalue weighted by Crippen LogP contribution is 2.56. The minimum Gasteiger partial charge on any atom is -0.547 e. The van der Waals surface area contributed by atoms with E-state index in [0.717, 1.165) is 31.6 Å². The number of rotatable bonds is 8. The van der Waals surface area contributed by atoms with Crippen molar-refractivity contribution in [3.63, 3.8) is 0 Å². The number of carbonyl (C=O) groups is 2. The summed E-state index contributed by atoms with van der Waals surface area (Å²) in [5.74, 6) is 2.18. The lowest BCUT2D eigenvalue weighted by molar-refractivity contribution is -0.153. The van der Waals surface area contributed by atoms with Gasteiger partial charge >= 0.3 is 5.97 Å². The number of ketones is 1. The second kappa shape index (κ2) is 11.8. The van der Waals surface area contributed by atoms with E-state index in [1.54, 1.807) is 0 Å². The highest BCUT2D eigenvalue weighted by Gasteiger charge is 2.57. The number of carbonyl (C=O) groups excluding carboxylic acids is 2. The lowest BCUT2D eigenvalue weighted by Crippen LogP contribution is -2.45. The Hall–Kier alpha value is -1.14. The smallest absolute Gasteiger partial charge is 0.308 e. The maximum Gasteiger partial charge on any atom is 0.308 e. The van der Waals surface area contributed by atoms with Crippen LogP contribution in [0.3, 0.4) is 0 Å². The Morgan fingerprint density at radius 1 is 1.05 bits per heavy atom. The summed E-state index contributed by atoms with van der Waals surface area (Å²) in [6.07, 6.45) is 15.2. The largest absolute Gasteiger partial charge is 0.547 e. The zero-order valence-electron chi connectivity index (χ0n) is 25.0. The van der Waals surface area contributed by atoms with Gasteiger partial charge in [0.1, 0.15) is 5.78 Å². The Labute approximate surface area is 232 Å². The van der Waals surface area contributed by atoms with E-state index in [-0.39, 0.29) is 46.4 Å². The van der Waals surface area contributed by atoms with Gasteiger partial charge in [0.25, 0.3) is 0 Å². The van der Waals surface area contributed by atoms with E-state index in [0.29, 0.717) is 32.3 Å². The minimum atomic E-state index is -2.02. The van der Waals surface area contributed by atoms with Gasteiger partial charge in [-0.25, -0.2) is 0 Å². The van der Waals surface area contributed by atoms with E-state index >= 15 is 0 Å². The van der Waals surface area contributed by atoms with Crippen molar-refractivity contribution in [2.24, 2.45) is 35.5 Å². The monoisotopic (exact) mass is 546 g/mol. The first kappa shape index (κ1) is 29.8. The normalized spacial score (nSPS) is 35.3. The number of hydrogen-bond donors (Lipinski definition) is 1. The van der Waals surface area contributed by atoms with Gasteiger partial charge in [-0.2, -0.15) is 0 Å². The molecule has 0 spiro atoms. The Bertz CT molecular complexity index is 873. The molecule has 2 unspecified atom stereocenters. The molecule has 0 aromatic heterocycles. The molecule has 0 amide bonds. The van der Waals surface area contributed by atoms with Crippen molar-refractivity contribution in [1.29, 1.82) is 0 Å². The number of Topliss-reactive ketones (excluding diaryl/α,β-unsaturated/α-hetero) is 1. The lowest BCUT2D eigenvalue weighted by atomic mass is 9.70. The molecule has 0 saturated heterocycles. The summed E-state index contributed by atoms with van der Waals surface area (Å²) in [7, 11) is -2.02. The number of aliphatic hydroxyl groups is 1. The molecular formula is C32H54O5Si. The van der Waals surface area contributed by atoms with Crippen LogP contribution in [0.4, 0.5) is 0 Å². The summed E-state index contributed by atoms with van der Waals surface area (Å²) in [4.78, 5) is 26.0. The van der Waals surface area contributed by atoms with Crippen molar-refractivity contribution in [1.82, 2.24) is 0 Å². The molecule has 216 valence electrons. The molecule has 4 fully saturated rings. The number of fused-ring (bicyclic) bond motifs is 1. The molecule has 4 atom stereocenters. The van der Waals surface area contributed by atoms with Gasteiger partial charge in [-0.1, -0.05) is 52.9 Å². The molecule has 5 nitrogen and oxygen atoms in total. The van der Waals surface area contributed by atoms with Crippen LogP contribution in [-0.4, -0.2) is 37.4 Å². The van der Waals surface area contributed by atoms with Crippen LogP contribution in [0.1, 0.15) is 111 Å². The molecule has 4 aliphatic carbocycles. The van der Waals surface area contributed by atoms with Gasteiger partial charge in [-0.3, -0.25) is 9.59 Å². The first-order valence-electron chi connectivity index (χ1n) is 15.7. The van der Waals surface area contributed by atoms with Crippen LogP contribution < -0.4 is 0 Å². The maximum absolute atomic E-state index is 13.7. The highest BCUT2D eigenvalue weighted by molar-refractivity contribution is 6.74. The maximum atomic E-state index is 13.7. The molecule has 0 aliphatic heterocycles. The van der Waals surface area contributed by atoms with Crippen LogP contribution in [0.25, 0.3) is 0 Å². The fourth-order valence-corrected chi connectivity index (χ4v) is 8.75. The predicted octanol–water partition coefficient (Wildman–Crippen LogP) is 7.58. The van der Waals surface area contributed by atoms with Crippen LogP contribution in [-0.2, 0) is 18.8 Å². The number of allylic oxidation sites excluding steroid dienone is 2. The Balaban J connectivity index is 1.50. The summed E-state index contributed by atoms with van der Waals surface area (Å²) in [5.41, 5.74) is -0.985. The molecule has 4 saturated carbocycles. The summed E-state index contributed by atoms with van der Waals surface area (Å²) >= 11 is 0. The molecule has 6 heteroatoms. The van der Waals surface area contributed by atoms with Crippen molar-refractivity contribution in [3.05, 3.63) is 11.8 Å². The molecule has 4 aliphatic rings. The fraction of sp³-hybridized carbons (Fsp3) is 0.875. The average Bonchev–Trinajstić information content (AvgIpc) is 3.43. The zero-order chi connectivity index (χ0) is 27.7. The average molecular weight is 547 g/mol. The molecule has 0 aromatic carbocycles. The summed E-state index contributed by atoms with van der Waals surface area (Å²) in [6, 6.07) is 0. The van der Waals surface area contributed by atoms with E-state index < -0.39 is 13.9 Å². The lowest BCUT2D eigenvalue weighted by Gasteiger charge is -2.40. The van der Waals surface area contributed by atoms with E-state index in [1.165, 1.54) is 37.9 Å². The molecule has 0 heterocycles. The Morgan fingerprint density at radius 3 is 2.32 bits per heavy atom. The predicted molar refractivity (Wildman–Crippen MR) is 154 cm³/mol. The second-order valence-corrected chi connectivity index (χ2v) is 19.2. The van der Waals surface area contributed by atoms with Gasteiger partial charge in [-0.15, -0.1) is 0 Å². The van der Waals surface area contributed by atoms with Crippen LogP contribution in [0.2, 0.25) is 18.1 Å². The topological polar surface area (TPSA) is 72.8 Å². The van der Waals surface area contributed by atoms with Crippen LogP contribution in [0.15, 0.2) is 11.8 Å². The van der Waals surface area contributed by atoms with Crippen molar-refractivity contribution >= 4 is 20.1 Å². The molecule has 4 rings (SSSR count). The first-order valence-corrected chi connectivity index (χ1v) is 18.6. The van der Waals surface area contributed by atoms with Crippen LogP contribution in [0.5, 0.6) is 0 Å². The molecule has 0 aromatic rings. The fourth-order valence-electron chi connectivity index (χ4n) is 7.62. The third-order valence-corrected chi connectivity index (χ3v) is 15.4. The third-order valence-electron chi connectivity index (χ3n) is 11.1. The van der Waals surface area contributed by atoms with Gasteiger partial charge in [0.2, 0.25) is 8.32 Å². The molecular weight excluding hydrogens is 492 g/mol. The minimum absolute atomic E-state index is 0.0397. The number of esters is 1. The highest BCUT2D eigenvalue weighted by atomic mass is 28.4. The van der Waals surface area contributed by atoms with Crippen molar-refractivity contribution in [2.45, 2.75) is 135 Å². The Morgan fingerprint density at radius 2 is 1.71 bits per heavy atom. The third kappa shape index (κ3) is 6.27. The summed E-state index contributed by atoms with van der Waals surface area (Å²) in [6.45, 7) is 13.8. The van der Waals surface area contributed by atoms with E-state index in [9.17, 15) is 14.7 Å². The van der Waals surface area contributed by atoms with Gasteiger partial charge in [-0.05, 0) is 94.3 Å². The quantitative estimate of drug-likeness (QED) is 0.193. The van der Waals surface area contributed by atoms with Gasteiger partial charge < -0.3 is 14.3 Å². The van der Waals surface area contributed by atoms with E-state index in [1.807, 2.05) is 6.92 Å². The van der Waals surface area contributed by atoms with Crippen molar-refractivity contribution < 1.29 is 23.9 Å². The van der Waals surface area contributed by atoms with Gasteiger partial charge in [0.05, 0.1) is 23.9 Å². The first-order chi connectivity index (χ1) is 17.9. The summed E-state index contributed by atoms with van der Waals surface area (Å²) < 4.78 is 12.3. The zero-order valence-corrected chi connectivity index (χ0v) is 26.0. The summed E-state index contributed by atoms with van der Waals surface area (Å²) in [5, 5.41) is 11.8. The molecule has 0 bridgehead atoms. The number of ether oxygens (including phenoxy) is 1. The SMILES string of the molecule is CCOC(=O)C1CCC(O)([C@@H]2CC3C(CC[C@@H]3/C(=C\CC3CCCCC3)O[Si](C)(C)C(C)(C)C)C2=O)CC1.